The normalized spacial score (nSPS) is 17.9. The Morgan fingerprint density at radius 1 is 1.03 bits per heavy atom. The molecule has 2 atom stereocenters. The van der Waals surface area contributed by atoms with Crippen molar-refractivity contribution in [2.24, 2.45) is 0 Å². The fraction of sp³-hybridized carbons (Fsp3) is 0.440. The summed E-state index contributed by atoms with van der Waals surface area (Å²) in [5.74, 6) is -0.331. The molecule has 3 rings (SSSR count). The SMILES string of the molecule is CCC(=O)NC(C(=O)NCc1ccccc1CN1CCCCC1C)c1ccccc1. The molecule has 1 aliphatic rings. The average Bonchev–Trinajstić information content (AvgIpc) is 2.78. The molecule has 2 amide bonds. The Morgan fingerprint density at radius 3 is 2.43 bits per heavy atom. The van der Waals surface area contributed by atoms with Gasteiger partial charge in [0.05, 0.1) is 0 Å². The summed E-state index contributed by atoms with van der Waals surface area (Å²) in [5, 5.41) is 5.89. The van der Waals surface area contributed by atoms with Crippen molar-refractivity contribution < 1.29 is 9.59 Å². The maximum Gasteiger partial charge on any atom is 0.247 e. The molecule has 1 aliphatic heterocycles. The van der Waals surface area contributed by atoms with Gasteiger partial charge >= 0.3 is 0 Å². The zero-order chi connectivity index (χ0) is 21.3. The molecular formula is C25H33N3O2. The second kappa shape index (κ2) is 10.9. The fourth-order valence-electron chi connectivity index (χ4n) is 3.99. The van der Waals surface area contributed by atoms with Gasteiger partial charge in [-0.2, -0.15) is 0 Å². The van der Waals surface area contributed by atoms with Crippen LogP contribution >= 0.6 is 0 Å². The highest BCUT2D eigenvalue weighted by Crippen LogP contribution is 2.21. The number of nitrogens with one attached hydrogen (secondary N) is 2. The molecule has 0 aliphatic carbocycles. The summed E-state index contributed by atoms with van der Waals surface area (Å²) in [7, 11) is 0. The summed E-state index contributed by atoms with van der Waals surface area (Å²) in [6, 6.07) is 17.6. The van der Waals surface area contributed by atoms with Crippen molar-refractivity contribution in [3.05, 3.63) is 71.3 Å². The van der Waals surface area contributed by atoms with Crippen molar-refractivity contribution >= 4 is 11.8 Å². The van der Waals surface area contributed by atoms with Gasteiger partial charge in [0.15, 0.2) is 0 Å². The minimum absolute atomic E-state index is 0.140. The Balaban J connectivity index is 1.68. The van der Waals surface area contributed by atoms with Gasteiger partial charge < -0.3 is 10.6 Å². The lowest BCUT2D eigenvalue weighted by molar-refractivity contribution is -0.129. The molecule has 1 heterocycles. The van der Waals surface area contributed by atoms with E-state index in [-0.39, 0.29) is 11.8 Å². The van der Waals surface area contributed by atoms with Crippen LogP contribution in [0, 0.1) is 0 Å². The van der Waals surface area contributed by atoms with E-state index in [9.17, 15) is 9.59 Å². The van der Waals surface area contributed by atoms with Gasteiger partial charge in [0, 0.05) is 25.6 Å². The third kappa shape index (κ3) is 5.92. The number of piperidine rings is 1. The lowest BCUT2D eigenvalue weighted by Gasteiger charge is -2.33. The maximum absolute atomic E-state index is 13.0. The van der Waals surface area contributed by atoms with Crippen LogP contribution in [0.1, 0.15) is 62.3 Å². The summed E-state index contributed by atoms with van der Waals surface area (Å²) in [6.45, 7) is 6.56. The molecule has 160 valence electrons. The maximum atomic E-state index is 13.0. The number of carbonyl (C=O) groups is 2. The minimum atomic E-state index is -0.687. The van der Waals surface area contributed by atoms with Crippen LogP contribution in [0.2, 0.25) is 0 Å². The summed E-state index contributed by atoms with van der Waals surface area (Å²) in [4.78, 5) is 27.5. The number of benzene rings is 2. The molecule has 0 bridgehead atoms. The molecule has 0 saturated carbocycles. The molecule has 2 N–H and O–H groups in total. The van der Waals surface area contributed by atoms with Gasteiger partial charge in [-0.25, -0.2) is 0 Å². The average molecular weight is 408 g/mol. The highest BCUT2D eigenvalue weighted by atomic mass is 16.2. The third-order valence-electron chi connectivity index (χ3n) is 5.91. The topological polar surface area (TPSA) is 61.4 Å². The summed E-state index contributed by atoms with van der Waals surface area (Å²) in [6.07, 6.45) is 4.14. The van der Waals surface area contributed by atoms with Crippen LogP contribution in [0.15, 0.2) is 54.6 Å². The second-order valence-electron chi connectivity index (χ2n) is 8.07. The van der Waals surface area contributed by atoms with Crippen LogP contribution in [0.3, 0.4) is 0 Å². The van der Waals surface area contributed by atoms with Gasteiger partial charge in [0.2, 0.25) is 11.8 Å². The first kappa shape index (κ1) is 22.0. The monoisotopic (exact) mass is 407 g/mol. The first-order chi connectivity index (χ1) is 14.6. The molecule has 2 unspecified atom stereocenters. The van der Waals surface area contributed by atoms with Gasteiger partial charge in [0.25, 0.3) is 0 Å². The molecule has 1 fully saturated rings. The third-order valence-corrected chi connectivity index (χ3v) is 5.91. The van der Waals surface area contributed by atoms with Gasteiger partial charge in [-0.05, 0) is 43.0 Å². The molecule has 5 nitrogen and oxygen atoms in total. The van der Waals surface area contributed by atoms with E-state index in [0.717, 1.165) is 24.2 Å². The van der Waals surface area contributed by atoms with Crippen LogP contribution in [0.25, 0.3) is 0 Å². The number of rotatable bonds is 8. The molecule has 2 aromatic rings. The van der Waals surface area contributed by atoms with Crippen molar-refractivity contribution in [3.8, 4) is 0 Å². The Morgan fingerprint density at radius 2 is 1.73 bits per heavy atom. The quantitative estimate of drug-likeness (QED) is 0.697. The van der Waals surface area contributed by atoms with E-state index >= 15 is 0 Å². The first-order valence-corrected chi connectivity index (χ1v) is 11.0. The summed E-state index contributed by atoms with van der Waals surface area (Å²) in [5.41, 5.74) is 3.16. The lowest BCUT2D eigenvalue weighted by Crippen LogP contribution is -2.40. The van der Waals surface area contributed by atoms with Gasteiger partial charge in [-0.1, -0.05) is 67.9 Å². The van der Waals surface area contributed by atoms with E-state index in [1.807, 2.05) is 36.4 Å². The van der Waals surface area contributed by atoms with Gasteiger partial charge in [-0.15, -0.1) is 0 Å². The van der Waals surface area contributed by atoms with E-state index in [1.165, 1.54) is 24.8 Å². The molecule has 1 saturated heterocycles. The fourth-order valence-corrected chi connectivity index (χ4v) is 3.99. The Kier molecular flexibility index (Phi) is 8.03. The number of hydrogen-bond acceptors (Lipinski definition) is 3. The Bertz CT molecular complexity index is 837. The second-order valence-corrected chi connectivity index (χ2v) is 8.07. The number of amides is 2. The van der Waals surface area contributed by atoms with E-state index < -0.39 is 6.04 Å². The zero-order valence-corrected chi connectivity index (χ0v) is 18.1. The van der Waals surface area contributed by atoms with E-state index in [1.54, 1.807) is 6.92 Å². The summed E-state index contributed by atoms with van der Waals surface area (Å²) < 4.78 is 0. The van der Waals surface area contributed by atoms with E-state index in [2.05, 4.69) is 40.7 Å². The number of carbonyl (C=O) groups excluding carboxylic acids is 2. The Hall–Kier alpha value is -2.66. The molecule has 0 aromatic heterocycles. The molecule has 0 spiro atoms. The minimum Gasteiger partial charge on any atom is -0.350 e. The highest BCUT2D eigenvalue weighted by Gasteiger charge is 2.23. The largest absolute Gasteiger partial charge is 0.350 e. The number of hydrogen-bond donors (Lipinski definition) is 2. The highest BCUT2D eigenvalue weighted by molar-refractivity contribution is 5.88. The van der Waals surface area contributed by atoms with Crippen molar-refractivity contribution in [3.63, 3.8) is 0 Å². The van der Waals surface area contributed by atoms with Crippen LogP contribution in [-0.4, -0.2) is 29.3 Å². The van der Waals surface area contributed by atoms with E-state index in [0.29, 0.717) is 19.0 Å². The van der Waals surface area contributed by atoms with Crippen molar-refractivity contribution in [1.29, 1.82) is 0 Å². The van der Waals surface area contributed by atoms with E-state index in [4.69, 9.17) is 0 Å². The van der Waals surface area contributed by atoms with Crippen molar-refractivity contribution in [2.45, 2.75) is 64.7 Å². The van der Waals surface area contributed by atoms with Gasteiger partial charge in [-0.3, -0.25) is 14.5 Å². The first-order valence-electron chi connectivity index (χ1n) is 11.0. The standard InChI is InChI=1S/C25H33N3O2/c1-3-23(29)27-24(20-12-5-4-6-13-20)25(30)26-17-21-14-7-8-15-22(21)18-28-16-10-9-11-19(28)2/h4-8,12-15,19,24H,3,9-11,16-18H2,1-2H3,(H,26,30)(H,27,29). The van der Waals surface area contributed by atoms with Gasteiger partial charge in [0.1, 0.15) is 6.04 Å². The van der Waals surface area contributed by atoms with Crippen LogP contribution in [-0.2, 0) is 22.7 Å². The predicted octanol–water partition coefficient (Wildman–Crippen LogP) is 3.94. The smallest absolute Gasteiger partial charge is 0.247 e. The van der Waals surface area contributed by atoms with Crippen LogP contribution in [0.4, 0.5) is 0 Å². The lowest BCUT2D eigenvalue weighted by atomic mass is 10.0. The number of likely N-dealkylation sites (tertiary alicyclic amines) is 1. The van der Waals surface area contributed by atoms with Crippen molar-refractivity contribution in [2.75, 3.05) is 6.54 Å². The molecule has 5 heteroatoms. The van der Waals surface area contributed by atoms with Crippen LogP contribution in [0.5, 0.6) is 0 Å². The predicted molar refractivity (Wildman–Crippen MR) is 120 cm³/mol. The molecule has 30 heavy (non-hydrogen) atoms. The number of nitrogens with zero attached hydrogens (tertiary/aromatic N) is 1. The van der Waals surface area contributed by atoms with Crippen molar-refractivity contribution in [1.82, 2.24) is 15.5 Å². The zero-order valence-electron chi connectivity index (χ0n) is 18.1. The molecular weight excluding hydrogens is 374 g/mol. The molecule has 2 aromatic carbocycles. The van der Waals surface area contributed by atoms with Crippen LogP contribution < -0.4 is 10.6 Å². The molecule has 0 radical (unpaired) electrons. The summed E-state index contributed by atoms with van der Waals surface area (Å²) >= 11 is 0. The Labute approximate surface area is 179 Å².